The summed E-state index contributed by atoms with van der Waals surface area (Å²) in [7, 11) is -3.48. The van der Waals surface area contributed by atoms with Crippen LogP contribution in [0.25, 0.3) is 0 Å². The molecule has 0 aliphatic rings. The molecule has 0 radical (unpaired) electrons. The molecule has 1 N–H and O–H groups in total. The molecule has 1 atom stereocenters. The van der Waals surface area contributed by atoms with Crippen LogP contribution in [-0.2, 0) is 10.0 Å². The number of halogens is 1. The van der Waals surface area contributed by atoms with E-state index in [9.17, 15) is 8.42 Å². The van der Waals surface area contributed by atoms with E-state index >= 15 is 0 Å². The molecule has 6 heteroatoms. The van der Waals surface area contributed by atoms with E-state index in [4.69, 9.17) is 11.6 Å². The van der Waals surface area contributed by atoms with E-state index < -0.39 is 10.0 Å². The maximum Gasteiger partial charge on any atom is 0.242 e. The Kier molecular flexibility index (Phi) is 6.75. The van der Waals surface area contributed by atoms with Gasteiger partial charge in [-0.25, -0.2) is 18.1 Å². The standard InChI is InChI=1S/C13H21ClN2O2S/c1-3-5-6-11(4-2)9-16-19(17,18)12-7-8-13(14)15-10-12/h7-8,10-11,16H,3-6,9H2,1-2H3. The minimum Gasteiger partial charge on any atom is -0.243 e. The van der Waals surface area contributed by atoms with Crippen molar-refractivity contribution < 1.29 is 8.42 Å². The predicted octanol–water partition coefficient (Wildman–Crippen LogP) is 3.23. The average Bonchev–Trinajstić information content (AvgIpc) is 2.39. The highest BCUT2D eigenvalue weighted by Crippen LogP contribution is 2.14. The van der Waals surface area contributed by atoms with Crippen molar-refractivity contribution in [2.45, 2.75) is 44.4 Å². The molecule has 0 fully saturated rings. The van der Waals surface area contributed by atoms with Crippen LogP contribution >= 0.6 is 11.6 Å². The van der Waals surface area contributed by atoms with Gasteiger partial charge >= 0.3 is 0 Å². The molecule has 19 heavy (non-hydrogen) atoms. The number of hydrogen-bond donors (Lipinski definition) is 1. The number of unbranched alkanes of at least 4 members (excludes halogenated alkanes) is 1. The summed E-state index contributed by atoms with van der Waals surface area (Å²) in [6.07, 6.45) is 5.56. The molecule has 0 saturated carbocycles. The van der Waals surface area contributed by atoms with E-state index in [1.807, 2.05) is 0 Å². The lowest BCUT2D eigenvalue weighted by atomic mass is 10.00. The van der Waals surface area contributed by atoms with Crippen LogP contribution in [0.15, 0.2) is 23.2 Å². The van der Waals surface area contributed by atoms with Gasteiger partial charge in [0, 0.05) is 12.7 Å². The zero-order chi connectivity index (χ0) is 14.3. The van der Waals surface area contributed by atoms with E-state index in [1.165, 1.54) is 18.3 Å². The van der Waals surface area contributed by atoms with Crippen molar-refractivity contribution in [3.8, 4) is 0 Å². The molecule has 0 aliphatic heterocycles. The van der Waals surface area contributed by atoms with Gasteiger partial charge in [-0.05, 0) is 24.5 Å². The predicted molar refractivity (Wildman–Crippen MR) is 77.7 cm³/mol. The zero-order valence-electron chi connectivity index (χ0n) is 11.4. The second-order valence-corrected chi connectivity index (χ2v) is 6.74. The number of sulfonamides is 1. The van der Waals surface area contributed by atoms with E-state index in [1.54, 1.807) is 0 Å². The molecule has 1 aromatic rings. The Morgan fingerprint density at radius 1 is 1.37 bits per heavy atom. The van der Waals surface area contributed by atoms with Crippen LogP contribution in [0.3, 0.4) is 0 Å². The minimum atomic E-state index is -3.48. The Morgan fingerprint density at radius 3 is 2.63 bits per heavy atom. The van der Waals surface area contributed by atoms with E-state index in [-0.39, 0.29) is 10.0 Å². The van der Waals surface area contributed by atoms with Crippen LogP contribution in [0.2, 0.25) is 5.15 Å². The van der Waals surface area contributed by atoms with Crippen molar-refractivity contribution in [1.82, 2.24) is 9.71 Å². The molecular formula is C13H21ClN2O2S. The van der Waals surface area contributed by atoms with Gasteiger partial charge in [0.15, 0.2) is 0 Å². The summed E-state index contributed by atoms with van der Waals surface area (Å²) in [4.78, 5) is 3.94. The molecule has 1 heterocycles. The Morgan fingerprint density at radius 2 is 2.11 bits per heavy atom. The third-order valence-electron chi connectivity index (χ3n) is 3.12. The van der Waals surface area contributed by atoms with Gasteiger partial charge in [-0.2, -0.15) is 0 Å². The number of nitrogens with one attached hydrogen (secondary N) is 1. The van der Waals surface area contributed by atoms with Crippen LogP contribution in [-0.4, -0.2) is 19.9 Å². The molecule has 0 aromatic carbocycles. The number of hydrogen-bond acceptors (Lipinski definition) is 3. The number of nitrogens with zero attached hydrogens (tertiary/aromatic N) is 1. The highest BCUT2D eigenvalue weighted by atomic mass is 35.5. The average molecular weight is 305 g/mol. The van der Waals surface area contributed by atoms with Crippen LogP contribution in [0.5, 0.6) is 0 Å². The SMILES string of the molecule is CCCCC(CC)CNS(=O)(=O)c1ccc(Cl)nc1. The summed E-state index contributed by atoms with van der Waals surface area (Å²) in [6, 6.07) is 2.94. The van der Waals surface area contributed by atoms with Gasteiger partial charge in [-0.3, -0.25) is 0 Å². The molecule has 0 aliphatic carbocycles. The van der Waals surface area contributed by atoms with E-state index in [0.29, 0.717) is 12.5 Å². The smallest absolute Gasteiger partial charge is 0.242 e. The first kappa shape index (κ1) is 16.4. The Balaban J connectivity index is 2.61. The zero-order valence-corrected chi connectivity index (χ0v) is 13.0. The molecule has 0 spiro atoms. The summed E-state index contributed by atoms with van der Waals surface area (Å²) in [6.45, 7) is 4.69. The summed E-state index contributed by atoms with van der Waals surface area (Å²) in [5.41, 5.74) is 0. The van der Waals surface area contributed by atoms with Gasteiger partial charge in [-0.1, -0.05) is 44.7 Å². The Labute approximate surface area is 120 Å². The van der Waals surface area contributed by atoms with Crippen LogP contribution in [0, 0.1) is 5.92 Å². The molecule has 1 aromatic heterocycles. The van der Waals surface area contributed by atoms with Gasteiger partial charge in [0.1, 0.15) is 10.0 Å². The second kappa shape index (κ2) is 7.82. The molecule has 0 bridgehead atoms. The number of pyridine rings is 1. The maximum absolute atomic E-state index is 12.0. The van der Waals surface area contributed by atoms with Crippen LogP contribution in [0.1, 0.15) is 39.5 Å². The normalized spacial score (nSPS) is 13.4. The first-order valence-electron chi connectivity index (χ1n) is 6.60. The third-order valence-corrected chi connectivity index (χ3v) is 4.75. The highest BCUT2D eigenvalue weighted by Gasteiger charge is 2.16. The van der Waals surface area contributed by atoms with Crippen molar-refractivity contribution in [3.63, 3.8) is 0 Å². The lowest BCUT2D eigenvalue weighted by molar-refractivity contribution is 0.443. The molecule has 0 saturated heterocycles. The molecule has 4 nitrogen and oxygen atoms in total. The second-order valence-electron chi connectivity index (χ2n) is 4.59. The lowest BCUT2D eigenvalue weighted by Gasteiger charge is -2.15. The largest absolute Gasteiger partial charge is 0.243 e. The molecule has 0 amide bonds. The summed E-state index contributed by atoms with van der Waals surface area (Å²) in [5, 5.41) is 0.285. The molecular weight excluding hydrogens is 284 g/mol. The van der Waals surface area contributed by atoms with Gasteiger partial charge in [0.05, 0.1) is 0 Å². The fourth-order valence-electron chi connectivity index (χ4n) is 1.78. The first-order valence-corrected chi connectivity index (χ1v) is 8.47. The monoisotopic (exact) mass is 304 g/mol. The van der Waals surface area contributed by atoms with Crippen molar-refractivity contribution in [1.29, 1.82) is 0 Å². The number of rotatable bonds is 8. The van der Waals surface area contributed by atoms with Gasteiger partial charge in [0.25, 0.3) is 0 Å². The van der Waals surface area contributed by atoms with Crippen molar-refractivity contribution in [2.24, 2.45) is 5.92 Å². The quantitative estimate of drug-likeness (QED) is 0.750. The third kappa shape index (κ3) is 5.47. The molecule has 1 rings (SSSR count). The van der Waals surface area contributed by atoms with Gasteiger partial charge < -0.3 is 0 Å². The highest BCUT2D eigenvalue weighted by molar-refractivity contribution is 7.89. The van der Waals surface area contributed by atoms with Crippen LogP contribution in [0.4, 0.5) is 0 Å². The lowest BCUT2D eigenvalue weighted by Crippen LogP contribution is -2.29. The summed E-state index contributed by atoms with van der Waals surface area (Å²) in [5.74, 6) is 0.384. The molecule has 1 unspecified atom stereocenters. The van der Waals surface area contributed by atoms with E-state index in [2.05, 4.69) is 23.6 Å². The molecule has 108 valence electrons. The fraction of sp³-hybridized carbons (Fsp3) is 0.615. The minimum absolute atomic E-state index is 0.155. The van der Waals surface area contributed by atoms with E-state index in [0.717, 1.165) is 25.7 Å². The van der Waals surface area contributed by atoms with Crippen molar-refractivity contribution in [3.05, 3.63) is 23.5 Å². The van der Waals surface area contributed by atoms with Crippen LogP contribution < -0.4 is 4.72 Å². The Hall–Kier alpha value is -0.650. The van der Waals surface area contributed by atoms with Gasteiger partial charge in [-0.15, -0.1) is 0 Å². The maximum atomic E-state index is 12.0. The summed E-state index contributed by atoms with van der Waals surface area (Å²) >= 11 is 5.64. The topological polar surface area (TPSA) is 59.1 Å². The van der Waals surface area contributed by atoms with Gasteiger partial charge in [0.2, 0.25) is 10.0 Å². The fourth-order valence-corrected chi connectivity index (χ4v) is 2.95. The van der Waals surface area contributed by atoms with Crippen molar-refractivity contribution >= 4 is 21.6 Å². The first-order chi connectivity index (χ1) is 8.99. The number of aromatic nitrogens is 1. The Bertz CT molecular complexity index is 474. The summed E-state index contributed by atoms with van der Waals surface area (Å²) < 4.78 is 26.7. The van der Waals surface area contributed by atoms with Crippen molar-refractivity contribution in [2.75, 3.05) is 6.54 Å².